The van der Waals surface area contributed by atoms with Gasteiger partial charge < -0.3 is 9.47 Å². The molecule has 0 atom stereocenters. The number of esters is 1. The van der Waals surface area contributed by atoms with E-state index >= 15 is 0 Å². The number of rotatable bonds is 11. The largest absolute Gasteiger partial charge is 0.494 e. The van der Waals surface area contributed by atoms with Gasteiger partial charge in [-0.15, -0.1) is 11.6 Å². The van der Waals surface area contributed by atoms with E-state index in [1.54, 1.807) is 24.3 Å². The topological polar surface area (TPSA) is 52.6 Å². The summed E-state index contributed by atoms with van der Waals surface area (Å²) in [5.41, 5.74) is 0.456. The van der Waals surface area contributed by atoms with Gasteiger partial charge in [0.15, 0.2) is 0 Å². The van der Waals surface area contributed by atoms with Crippen LogP contribution in [0.15, 0.2) is 24.3 Å². The molecule has 1 rings (SSSR count). The summed E-state index contributed by atoms with van der Waals surface area (Å²) in [4.78, 5) is 22.0. The molecule has 0 bridgehead atoms. The van der Waals surface area contributed by atoms with Crippen molar-refractivity contribution in [3.8, 4) is 5.75 Å². The lowest BCUT2D eigenvalue weighted by Crippen LogP contribution is -2.06. The molecular weight excluding hydrogens is 327 g/mol. The van der Waals surface area contributed by atoms with E-state index in [0.29, 0.717) is 24.7 Å². The highest BCUT2D eigenvalue weighted by Crippen LogP contribution is 2.14. The Morgan fingerprint density at radius 1 is 0.955 bits per heavy atom. The second kappa shape index (κ2) is 11.3. The maximum Gasteiger partial charge on any atom is 0.306 e. The van der Waals surface area contributed by atoms with Crippen molar-refractivity contribution in [1.82, 2.24) is 0 Å². The minimum Gasteiger partial charge on any atom is -0.494 e. The van der Waals surface area contributed by atoms with Gasteiger partial charge in [0, 0.05) is 11.4 Å². The van der Waals surface area contributed by atoms with Gasteiger partial charge in [-0.3, -0.25) is 9.59 Å². The van der Waals surface area contributed by atoms with Gasteiger partial charge in [0.2, 0.25) is 0 Å². The normalized spacial score (nSPS) is 10.3. The molecular formula is C16H20Cl2O4. The smallest absolute Gasteiger partial charge is 0.306 e. The maximum absolute atomic E-state index is 11.0. The lowest BCUT2D eigenvalue weighted by atomic mass is 10.2. The van der Waals surface area contributed by atoms with E-state index in [4.69, 9.17) is 32.7 Å². The predicted molar refractivity (Wildman–Crippen MR) is 86.9 cm³/mol. The van der Waals surface area contributed by atoms with Gasteiger partial charge in [-0.05, 0) is 61.5 Å². The average Bonchev–Trinajstić information content (AvgIpc) is 2.50. The molecule has 4 nitrogen and oxygen atoms in total. The molecule has 1 aromatic rings. The Bertz CT molecular complexity index is 460. The number of hydrogen-bond acceptors (Lipinski definition) is 4. The molecule has 22 heavy (non-hydrogen) atoms. The number of ether oxygens (including phenoxy) is 2. The van der Waals surface area contributed by atoms with E-state index in [-0.39, 0.29) is 12.4 Å². The minimum atomic E-state index is -0.474. The zero-order valence-corrected chi connectivity index (χ0v) is 13.9. The number of halogens is 2. The Balaban J connectivity index is 2.01. The third-order valence-corrected chi connectivity index (χ3v) is 3.36. The van der Waals surface area contributed by atoms with E-state index in [0.717, 1.165) is 31.4 Å². The van der Waals surface area contributed by atoms with Crippen LogP contribution in [-0.2, 0) is 9.53 Å². The summed E-state index contributed by atoms with van der Waals surface area (Å²) in [6, 6.07) is 6.73. The van der Waals surface area contributed by atoms with E-state index in [1.807, 2.05) is 0 Å². The second-order valence-corrected chi connectivity index (χ2v) is 5.44. The molecule has 0 saturated carbocycles. The lowest BCUT2D eigenvalue weighted by molar-refractivity contribution is -0.143. The Kier molecular flexibility index (Phi) is 9.67. The van der Waals surface area contributed by atoms with Crippen LogP contribution in [0.5, 0.6) is 5.75 Å². The van der Waals surface area contributed by atoms with Gasteiger partial charge in [-0.25, -0.2) is 0 Å². The summed E-state index contributed by atoms with van der Waals surface area (Å²) in [5, 5.41) is -0.474. The Labute approximate surface area is 140 Å². The first-order valence-corrected chi connectivity index (χ1v) is 8.19. The van der Waals surface area contributed by atoms with Crippen LogP contribution in [0.25, 0.3) is 0 Å². The Morgan fingerprint density at radius 3 is 2.18 bits per heavy atom. The van der Waals surface area contributed by atoms with E-state index in [9.17, 15) is 9.59 Å². The van der Waals surface area contributed by atoms with Crippen molar-refractivity contribution in [2.45, 2.75) is 32.1 Å². The van der Waals surface area contributed by atoms with Crippen LogP contribution in [0.4, 0.5) is 0 Å². The minimum absolute atomic E-state index is 0.239. The van der Waals surface area contributed by atoms with Gasteiger partial charge in [0.05, 0.1) is 19.6 Å². The lowest BCUT2D eigenvalue weighted by Gasteiger charge is -2.07. The van der Waals surface area contributed by atoms with E-state index in [2.05, 4.69) is 0 Å². The molecule has 0 N–H and O–H groups in total. The van der Waals surface area contributed by atoms with Crippen LogP contribution in [0.2, 0.25) is 0 Å². The molecule has 0 unspecified atom stereocenters. The molecule has 122 valence electrons. The highest BCUT2D eigenvalue weighted by atomic mass is 35.5. The average molecular weight is 347 g/mol. The predicted octanol–water partition coefficient (Wildman–Crippen LogP) is 4.18. The molecule has 0 aromatic heterocycles. The monoisotopic (exact) mass is 346 g/mol. The first kappa shape index (κ1) is 18.8. The van der Waals surface area contributed by atoms with Crippen molar-refractivity contribution in [2.75, 3.05) is 19.1 Å². The van der Waals surface area contributed by atoms with Gasteiger partial charge in [0.25, 0.3) is 5.24 Å². The van der Waals surface area contributed by atoms with Crippen molar-refractivity contribution in [3.63, 3.8) is 0 Å². The number of carbonyl (C=O) groups is 2. The van der Waals surface area contributed by atoms with E-state index < -0.39 is 5.24 Å². The van der Waals surface area contributed by atoms with Crippen molar-refractivity contribution < 1.29 is 19.1 Å². The van der Waals surface area contributed by atoms with Gasteiger partial charge in [0.1, 0.15) is 5.75 Å². The molecule has 0 heterocycles. The third kappa shape index (κ3) is 8.25. The fourth-order valence-electron chi connectivity index (χ4n) is 1.77. The Morgan fingerprint density at radius 2 is 1.59 bits per heavy atom. The standard InChI is InChI=1S/C16H20Cl2O4/c17-10-9-15(19)22-12-4-2-1-3-11-21-14-7-5-13(6-8-14)16(18)20/h5-8H,1-4,9-12H2. The molecule has 0 amide bonds. The highest BCUT2D eigenvalue weighted by molar-refractivity contribution is 6.67. The molecule has 0 aliphatic carbocycles. The molecule has 6 heteroatoms. The van der Waals surface area contributed by atoms with Crippen LogP contribution in [0.3, 0.4) is 0 Å². The van der Waals surface area contributed by atoms with Crippen LogP contribution >= 0.6 is 23.2 Å². The summed E-state index contributed by atoms with van der Waals surface area (Å²) in [6.07, 6.45) is 4.03. The van der Waals surface area contributed by atoms with Gasteiger partial charge in [-0.2, -0.15) is 0 Å². The fourth-order valence-corrected chi connectivity index (χ4v) is 2.05. The first-order valence-electron chi connectivity index (χ1n) is 7.28. The molecule has 0 aliphatic heterocycles. The molecule has 0 radical (unpaired) electrons. The fraction of sp³-hybridized carbons (Fsp3) is 0.500. The quantitative estimate of drug-likeness (QED) is 0.261. The molecule has 0 fully saturated rings. The summed E-state index contributed by atoms with van der Waals surface area (Å²) >= 11 is 10.8. The molecule has 0 spiro atoms. The third-order valence-electron chi connectivity index (χ3n) is 2.95. The number of carbonyl (C=O) groups excluding carboxylic acids is 2. The summed E-state index contributed by atoms with van der Waals surface area (Å²) in [6.45, 7) is 1.06. The first-order chi connectivity index (χ1) is 10.6. The molecule has 1 aromatic carbocycles. The zero-order chi connectivity index (χ0) is 16.2. The molecule has 0 saturated heterocycles. The van der Waals surface area contributed by atoms with E-state index in [1.165, 1.54) is 0 Å². The van der Waals surface area contributed by atoms with Crippen LogP contribution < -0.4 is 4.74 Å². The number of hydrogen-bond donors (Lipinski definition) is 0. The van der Waals surface area contributed by atoms with Crippen molar-refractivity contribution in [2.24, 2.45) is 0 Å². The summed E-state index contributed by atoms with van der Waals surface area (Å²) < 4.78 is 10.6. The van der Waals surface area contributed by atoms with Crippen LogP contribution in [-0.4, -0.2) is 30.3 Å². The van der Waals surface area contributed by atoms with Crippen molar-refractivity contribution in [1.29, 1.82) is 0 Å². The second-order valence-electron chi connectivity index (χ2n) is 4.72. The Hall–Kier alpha value is -1.26. The number of benzene rings is 1. The highest BCUT2D eigenvalue weighted by Gasteiger charge is 2.02. The summed E-state index contributed by atoms with van der Waals surface area (Å²) in [7, 11) is 0. The van der Waals surface area contributed by atoms with Crippen molar-refractivity contribution >= 4 is 34.4 Å². The van der Waals surface area contributed by atoms with Crippen LogP contribution in [0.1, 0.15) is 42.5 Å². The maximum atomic E-state index is 11.0. The molecule has 0 aliphatic rings. The zero-order valence-electron chi connectivity index (χ0n) is 12.4. The van der Waals surface area contributed by atoms with Gasteiger partial charge >= 0.3 is 5.97 Å². The van der Waals surface area contributed by atoms with Crippen molar-refractivity contribution in [3.05, 3.63) is 29.8 Å². The van der Waals surface area contributed by atoms with Gasteiger partial charge in [-0.1, -0.05) is 0 Å². The number of alkyl halides is 1. The van der Waals surface area contributed by atoms with Crippen LogP contribution in [0, 0.1) is 0 Å². The number of unbranched alkanes of at least 4 members (excludes halogenated alkanes) is 3. The summed E-state index contributed by atoms with van der Waals surface area (Å²) in [5.74, 6) is 0.782. The SMILES string of the molecule is O=C(CCCl)OCCCCCCOc1ccc(C(=O)Cl)cc1.